The van der Waals surface area contributed by atoms with Crippen molar-refractivity contribution in [3.63, 3.8) is 0 Å². The number of sulfone groups is 1. The molecule has 3 aliphatic rings. The molecule has 0 radical (unpaired) electrons. The number of rotatable bonds is 3. The normalized spacial score (nSPS) is 27.0. The maximum Gasteiger partial charge on any atom is 0.228 e. The van der Waals surface area contributed by atoms with E-state index in [1.54, 1.807) is 4.90 Å². The predicted octanol–water partition coefficient (Wildman–Crippen LogP) is 0.988. The average molecular weight is 420 g/mol. The van der Waals surface area contributed by atoms with E-state index in [0.29, 0.717) is 26.1 Å². The van der Waals surface area contributed by atoms with Crippen LogP contribution >= 0.6 is 0 Å². The number of hydrogen-bond acceptors (Lipinski definition) is 5. The van der Waals surface area contributed by atoms with Crippen molar-refractivity contribution in [1.82, 2.24) is 9.80 Å². The van der Waals surface area contributed by atoms with Gasteiger partial charge in [0.1, 0.15) is 0 Å². The largest absolute Gasteiger partial charge is 0.368 e. The first-order valence-electron chi connectivity index (χ1n) is 10.3. The second kappa shape index (κ2) is 7.63. The van der Waals surface area contributed by atoms with Crippen LogP contribution in [0.1, 0.15) is 24.0 Å². The zero-order chi connectivity index (χ0) is 20.8. The van der Waals surface area contributed by atoms with E-state index in [1.165, 1.54) is 16.8 Å². The third-order valence-corrected chi connectivity index (χ3v) is 8.42. The summed E-state index contributed by atoms with van der Waals surface area (Å²) in [6, 6.07) is 6.04. The van der Waals surface area contributed by atoms with Gasteiger partial charge >= 0.3 is 0 Å². The fraction of sp³-hybridized carbons (Fsp3) is 0.619. The minimum absolute atomic E-state index is 0.0299. The average Bonchev–Trinajstić information content (AvgIpc) is 3.25. The van der Waals surface area contributed by atoms with Crippen molar-refractivity contribution in [3.8, 4) is 0 Å². The standard InChI is InChI=1S/C21H29N3O4S/c1-15-4-3-5-19(16(15)2)22-7-9-23(10-8-22)21(26)17-12-20(25)24(13-17)18-6-11-29(27,28)14-18/h3-5,17-18H,6-14H2,1-2H3/t17-,18-/m0/s1. The number of aryl methyl sites for hydroxylation is 1. The van der Waals surface area contributed by atoms with Gasteiger partial charge in [-0.25, -0.2) is 8.42 Å². The Labute approximate surface area is 172 Å². The molecule has 0 N–H and O–H groups in total. The van der Waals surface area contributed by atoms with Crippen molar-refractivity contribution in [3.05, 3.63) is 29.3 Å². The Morgan fingerprint density at radius 3 is 2.48 bits per heavy atom. The predicted molar refractivity (Wildman–Crippen MR) is 112 cm³/mol. The summed E-state index contributed by atoms with van der Waals surface area (Å²) in [4.78, 5) is 31.3. The highest BCUT2D eigenvalue weighted by Gasteiger charge is 2.43. The van der Waals surface area contributed by atoms with Crippen molar-refractivity contribution >= 4 is 27.3 Å². The second-order valence-electron chi connectivity index (χ2n) is 8.54. The van der Waals surface area contributed by atoms with Crippen molar-refractivity contribution in [1.29, 1.82) is 0 Å². The highest BCUT2D eigenvalue weighted by Crippen LogP contribution is 2.28. The molecule has 29 heavy (non-hydrogen) atoms. The Bertz CT molecular complexity index is 922. The third-order valence-electron chi connectivity index (χ3n) is 6.66. The van der Waals surface area contributed by atoms with Crippen LogP contribution in [0, 0.1) is 19.8 Å². The first kappa shape index (κ1) is 20.2. The molecule has 0 spiro atoms. The van der Waals surface area contributed by atoms with Crippen LogP contribution in [-0.4, -0.2) is 80.3 Å². The molecule has 0 bridgehead atoms. The van der Waals surface area contributed by atoms with Crippen LogP contribution in [0.15, 0.2) is 18.2 Å². The third kappa shape index (κ3) is 3.99. The number of benzene rings is 1. The molecule has 1 aromatic carbocycles. The molecule has 7 nitrogen and oxygen atoms in total. The maximum atomic E-state index is 13.0. The lowest BCUT2D eigenvalue weighted by molar-refractivity contribution is -0.136. The van der Waals surface area contributed by atoms with E-state index in [1.807, 2.05) is 4.90 Å². The number of nitrogens with zero attached hydrogens (tertiary/aromatic N) is 3. The van der Waals surface area contributed by atoms with Crippen LogP contribution in [0.5, 0.6) is 0 Å². The van der Waals surface area contributed by atoms with Crippen LogP contribution in [0.3, 0.4) is 0 Å². The lowest BCUT2D eigenvalue weighted by Crippen LogP contribution is -2.51. The molecule has 3 aliphatic heterocycles. The molecule has 3 heterocycles. The van der Waals surface area contributed by atoms with E-state index in [0.717, 1.165) is 13.1 Å². The van der Waals surface area contributed by atoms with Gasteiger partial charge in [-0.3, -0.25) is 9.59 Å². The molecule has 0 unspecified atom stereocenters. The lowest BCUT2D eigenvalue weighted by atomic mass is 10.1. The molecular weight excluding hydrogens is 390 g/mol. The molecule has 0 aromatic heterocycles. The van der Waals surface area contributed by atoms with Crippen molar-refractivity contribution in [2.24, 2.45) is 5.92 Å². The highest BCUT2D eigenvalue weighted by atomic mass is 32.2. The Kier molecular flexibility index (Phi) is 5.31. The van der Waals surface area contributed by atoms with Crippen LogP contribution in [0.4, 0.5) is 5.69 Å². The molecule has 3 saturated heterocycles. The minimum Gasteiger partial charge on any atom is -0.368 e. The Balaban J connectivity index is 1.35. The van der Waals surface area contributed by atoms with Gasteiger partial charge in [0.05, 0.1) is 17.4 Å². The Morgan fingerprint density at radius 2 is 1.83 bits per heavy atom. The van der Waals surface area contributed by atoms with Crippen molar-refractivity contribution in [2.45, 2.75) is 32.7 Å². The summed E-state index contributed by atoms with van der Waals surface area (Å²) in [7, 11) is -3.05. The summed E-state index contributed by atoms with van der Waals surface area (Å²) in [5, 5.41) is 0. The molecule has 8 heteroatoms. The van der Waals surface area contributed by atoms with Crippen molar-refractivity contribution < 1.29 is 18.0 Å². The number of carbonyl (C=O) groups excluding carboxylic acids is 2. The van der Waals surface area contributed by atoms with Crippen LogP contribution in [0.2, 0.25) is 0 Å². The zero-order valence-corrected chi connectivity index (χ0v) is 18.0. The maximum absolute atomic E-state index is 13.0. The molecule has 0 saturated carbocycles. The van der Waals surface area contributed by atoms with E-state index in [-0.39, 0.29) is 41.7 Å². The lowest BCUT2D eigenvalue weighted by Gasteiger charge is -2.38. The van der Waals surface area contributed by atoms with E-state index >= 15 is 0 Å². The molecule has 0 aliphatic carbocycles. The molecule has 3 fully saturated rings. The number of amides is 2. The first-order valence-corrected chi connectivity index (χ1v) is 12.2. The van der Waals surface area contributed by atoms with Crippen LogP contribution in [-0.2, 0) is 19.4 Å². The smallest absolute Gasteiger partial charge is 0.228 e. The molecule has 4 rings (SSSR count). The molecule has 2 amide bonds. The van der Waals surface area contributed by atoms with E-state index in [2.05, 4.69) is 36.9 Å². The van der Waals surface area contributed by atoms with E-state index < -0.39 is 9.84 Å². The number of anilines is 1. The van der Waals surface area contributed by atoms with Gasteiger partial charge in [-0.05, 0) is 37.5 Å². The first-order chi connectivity index (χ1) is 13.7. The van der Waals surface area contributed by atoms with Gasteiger partial charge < -0.3 is 14.7 Å². The highest BCUT2D eigenvalue weighted by molar-refractivity contribution is 7.91. The van der Waals surface area contributed by atoms with Gasteiger partial charge in [-0.15, -0.1) is 0 Å². The van der Waals surface area contributed by atoms with Crippen LogP contribution in [0.25, 0.3) is 0 Å². The van der Waals surface area contributed by atoms with Gasteiger partial charge in [0.25, 0.3) is 0 Å². The topological polar surface area (TPSA) is 78.0 Å². The van der Waals surface area contributed by atoms with Gasteiger partial charge in [0.15, 0.2) is 9.84 Å². The summed E-state index contributed by atoms with van der Waals surface area (Å²) in [6.45, 7) is 7.45. The molecule has 158 valence electrons. The monoisotopic (exact) mass is 419 g/mol. The SMILES string of the molecule is Cc1cccc(N2CCN(C(=O)[C@H]3CC(=O)N([C@H]4CCS(=O)(=O)C4)C3)CC2)c1C. The van der Waals surface area contributed by atoms with E-state index in [4.69, 9.17) is 0 Å². The van der Waals surface area contributed by atoms with Gasteiger partial charge in [-0.2, -0.15) is 0 Å². The van der Waals surface area contributed by atoms with Crippen LogP contribution < -0.4 is 4.90 Å². The Hall–Kier alpha value is -2.09. The fourth-order valence-corrected chi connectivity index (χ4v) is 6.51. The quantitative estimate of drug-likeness (QED) is 0.730. The number of likely N-dealkylation sites (tertiary alicyclic amines) is 1. The summed E-state index contributed by atoms with van der Waals surface area (Å²) in [5.41, 5.74) is 3.76. The summed E-state index contributed by atoms with van der Waals surface area (Å²) in [5.74, 6) is -0.228. The van der Waals surface area contributed by atoms with Gasteiger partial charge in [0, 0.05) is 50.9 Å². The summed E-state index contributed by atoms with van der Waals surface area (Å²) >= 11 is 0. The number of carbonyl (C=O) groups is 2. The summed E-state index contributed by atoms with van der Waals surface area (Å²) in [6.07, 6.45) is 0.691. The number of piperazine rings is 1. The molecular formula is C21H29N3O4S. The van der Waals surface area contributed by atoms with Crippen molar-refractivity contribution in [2.75, 3.05) is 49.1 Å². The van der Waals surface area contributed by atoms with Gasteiger partial charge in [-0.1, -0.05) is 12.1 Å². The number of hydrogen-bond donors (Lipinski definition) is 0. The molecule has 2 atom stereocenters. The fourth-order valence-electron chi connectivity index (χ4n) is 4.78. The van der Waals surface area contributed by atoms with Gasteiger partial charge in [0.2, 0.25) is 11.8 Å². The zero-order valence-electron chi connectivity index (χ0n) is 17.1. The second-order valence-corrected chi connectivity index (χ2v) is 10.8. The molecule has 1 aromatic rings. The van der Waals surface area contributed by atoms with E-state index in [9.17, 15) is 18.0 Å². The Morgan fingerprint density at radius 1 is 1.10 bits per heavy atom. The summed E-state index contributed by atoms with van der Waals surface area (Å²) < 4.78 is 23.5. The minimum atomic E-state index is -3.05.